The zero-order valence-corrected chi connectivity index (χ0v) is 22.0. The van der Waals surface area contributed by atoms with E-state index in [-0.39, 0.29) is 5.97 Å². The van der Waals surface area contributed by atoms with Gasteiger partial charge in [0.05, 0.1) is 30.0 Å². The quantitative estimate of drug-likeness (QED) is 0.445. The first-order valence-corrected chi connectivity index (χ1v) is 15.9. The van der Waals surface area contributed by atoms with Crippen molar-refractivity contribution in [3.63, 3.8) is 0 Å². The maximum absolute atomic E-state index is 13.3. The molecule has 0 atom stereocenters. The molecule has 0 saturated carbocycles. The summed E-state index contributed by atoms with van der Waals surface area (Å²) >= 11 is 1.67. The van der Waals surface area contributed by atoms with Crippen LogP contribution in [-0.4, -0.2) is 45.6 Å². The fourth-order valence-electron chi connectivity index (χ4n) is 3.80. The second-order valence-corrected chi connectivity index (χ2v) is 17.4. The van der Waals surface area contributed by atoms with E-state index in [1.807, 2.05) is 39.8 Å². The highest BCUT2D eigenvalue weighted by Gasteiger charge is 2.53. The Morgan fingerprint density at radius 2 is 1.84 bits per heavy atom. The van der Waals surface area contributed by atoms with E-state index in [0.29, 0.717) is 24.2 Å². The molecule has 4 rings (SSSR count). The van der Waals surface area contributed by atoms with E-state index in [1.54, 1.807) is 11.3 Å². The Morgan fingerprint density at radius 3 is 2.50 bits per heavy atom. The lowest BCUT2D eigenvalue weighted by Gasteiger charge is -2.32. The monoisotopic (exact) mass is 472 g/mol. The van der Waals surface area contributed by atoms with Crippen LogP contribution in [-0.2, 0) is 20.5 Å². The molecule has 0 radical (unpaired) electrons. The number of esters is 1. The number of ether oxygens (including phenoxy) is 2. The van der Waals surface area contributed by atoms with E-state index >= 15 is 0 Å². The van der Waals surface area contributed by atoms with Crippen LogP contribution in [0.25, 0.3) is 10.4 Å². The predicted octanol–water partition coefficient (Wildman–Crippen LogP) is 5.14. The molecule has 2 aliphatic rings. The summed E-state index contributed by atoms with van der Waals surface area (Å²) in [6, 6.07) is 6.88. The summed E-state index contributed by atoms with van der Waals surface area (Å²) in [6.07, 6.45) is 0.843. The molecule has 2 aliphatic heterocycles. The van der Waals surface area contributed by atoms with Crippen LogP contribution in [0.1, 0.15) is 43.6 Å². The summed E-state index contributed by atoms with van der Waals surface area (Å²) in [7, 11) is -1.98. The van der Waals surface area contributed by atoms with E-state index < -0.39 is 26.4 Å². The predicted molar refractivity (Wildman–Crippen MR) is 133 cm³/mol. The van der Waals surface area contributed by atoms with Gasteiger partial charge in [-0.25, -0.2) is 4.79 Å². The minimum Gasteiger partial charge on any atom is -0.493 e. The molecule has 1 fully saturated rings. The van der Waals surface area contributed by atoms with Crippen molar-refractivity contribution in [2.45, 2.75) is 71.0 Å². The van der Waals surface area contributed by atoms with Gasteiger partial charge in [0.25, 0.3) is 0 Å². The van der Waals surface area contributed by atoms with Gasteiger partial charge in [-0.05, 0) is 62.9 Å². The van der Waals surface area contributed by atoms with Gasteiger partial charge in [-0.2, -0.15) is 0 Å². The van der Waals surface area contributed by atoms with Gasteiger partial charge in [0.15, 0.2) is 0 Å². The molecule has 1 saturated heterocycles. The van der Waals surface area contributed by atoms with Gasteiger partial charge >= 0.3 is 13.1 Å². The SMILES string of the molecule is CC1(C)OB(c2cc3c(cc2C(=O)OCC[Si](C)(C)C)-c2sccc2CCO3)OC1(C)C. The molecule has 32 heavy (non-hydrogen) atoms. The van der Waals surface area contributed by atoms with Crippen LogP contribution in [0.2, 0.25) is 25.7 Å². The average molecular weight is 472 g/mol. The van der Waals surface area contributed by atoms with Crippen molar-refractivity contribution >= 4 is 38.0 Å². The van der Waals surface area contributed by atoms with E-state index in [9.17, 15) is 4.79 Å². The summed E-state index contributed by atoms with van der Waals surface area (Å²) in [5.41, 5.74) is 2.32. The molecule has 0 N–H and O–H groups in total. The number of hydrogen-bond donors (Lipinski definition) is 0. The van der Waals surface area contributed by atoms with Crippen molar-refractivity contribution in [3.05, 3.63) is 34.7 Å². The molecule has 1 aromatic heterocycles. The number of thiophene rings is 1. The van der Waals surface area contributed by atoms with Gasteiger partial charge < -0.3 is 18.8 Å². The second kappa shape index (κ2) is 8.31. The van der Waals surface area contributed by atoms with Crippen molar-refractivity contribution in [2.75, 3.05) is 13.2 Å². The normalized spacial score (nSPS) is 19.0. The summed E-state index contributed by atoms with van der Waals surface area (Å²) in [6.45, 7) is 15.9. The van der Waals surface area contributed by atoms with E-state index in [2.05, 4.69) is 31.1 Å². The number of carbonyl (C=O) groups is 1. The highest BCUT2D eigenvalue weighted by atomic mass is 32.1. The van der Waals surface area contributed by atoms with Crippen molar-refractivity contribution in [3.8, 4) is 16.2 Å². The highest BCUT2D eigenvalue weighted by Crippen LogP contribution is 2.41. The third kappa shape index (κ3) is 4.55. The molecule has 0 spiro atoms. The molecule has 0 amide bonds. The molecular formula is C24H33BO5SSi. The fourth-order valence-corrected chi connectivity index (χ4v) is 5.49. The topological polar surface area (TPSA) is 54.0 Å². The molecule has 0 unspecified atom stereocenters. The third-order valence-electron chi connectivity index (χ3n) is 6.58. The van der Waals surface area contributed by atoms with Gasteiger partial charge in [0, 0.05) is 30.4 Å². The number of hydrogen-bond acceptors (Lipinski definition) is 6. The Balaban J connectivity index is 1.75. The average Bonchev–Trinajstić information content (AvgIpc) is 3.16. The highest BCUT2D eigenvalue weighted by molar-refractivity contribution is 7.13. The van der Waals surface area contributed by atoms with E-state index in [0.717, 1.165) is 28.7 Å². The second-order valence-electron chi connectivity index (χ2n) is 10.8. The molecule has 0 aliphatic carbocycles. The summed E-state index contributed by atoms with van der Waals surface area (Å²) in [4.78, 5) is 14.4. The van der Waals surface area contributed by atoms with Crippen LogP contribution in [0.4, 0.5) is 0 Å². The van der Waals surface area contributed by atoms with Crippen molar-refractivity contribution < 1.29 is 23.6 Å². The zero-order chi connectivity index (χ0) is 23.3. The van der Waals surface area contributed by atoms with Gasteiger partial charge in [0.1, 0.15) is 5.75 Å². The third-order valence-corrected chi connectivity index (χ3v) is 9.28. The summed E-state index contributed by atoms with van der Waals surface area (Å²) < 4.78 is 24.5. The van der Waals surface area contributed by atoms with Crippen molar-refractivity contribution in [2.24, 2.45) is 0 Å². The lowest BCUT2D eigenvalue weighted by Crippen LogP contribution is -2.41. The number of rotatable bonds is 5. The summed E-state index contributed by atoms with van der Waals surface area (Å²) in [5.74, 6) is 0.424. The Kier molecular flexibility index (Phi) is 6.12. The van der Waals surface area contributed by atoms with E-state index in [1.165, 1.54) is 5.56 Å². The molecule has 1 aromatic carbocycles. The lowest BCUT2D eigenvalue weighted by atomic mass is 9.75. The largest absolute Gasteiger partial charge is 0.495 e. The molecular weight excluding hydrogens is 439 g/mol. The zero-order valence-electron chi connectivity index (χ0n) is 20.2. The van der Waals surface area contributed by atoms with Gasteiger partial charge in [0.2, 0.25) is 0 Å². The maximum atomic E-state index is 13.3. The van der Waals surface area contributed by atoms with Crippen molar-refractivity contribution in [1.29, 1.82) is 0 Å². The fraction of sp³-hybridized carbons (Fsp3) is 0.542. The lowest BCUT2D eigenvalue weighted by molar-refractivity contribution is 0.00578. The molecule has 0 bridgehead atoms. The number of fused-ring (bicyclic) bond motifs is 3. The Morgan fingerprint density at radius 1 is 1.16 bits per heavy atom. The molecule has 3 heterocycles. The van der Waals surface area contributed by atoms with Gasteiger partial charge in [-0.15, -0.1) is 11.3 Å². The van der Waals surface area contributed by atoms with Crippen LogP contribution < -0.4 is 10.2 Å². The number of benzene rings is 1. The first-order valence-electron chi connectivity index (χ1n) is 11.3. The maximum Gasteiger partial charge on any atom is 0.495 e. The van der Waals surface area contributed by atoms with E-state index in [4.69, 9.17) is 18.8 Å². The Labute approximate surface area is 196 Å². The van der Waals surface area contributed by atoms with Crippen LogP contribution in [0, 0.1) is 0 Å². The summed E-state index contributed by atoms with van der Waals surface area (Å²) in [5, 5.41) is 2.09. The molecule has 5 nitrogen and oxygen atoms in total. The smallest absolute Gasteiger partial charge is 0.493 e. The van der Waals surface area contributed by atoms with Crippen LogP contribution in [0.5, 0.6) is 5.75 Å². The van der Waals surface area contributed by atoms with Crippen LogP contribution in [0.15, 0.2) is 23.6 Å². The van der Waals surface area contributed by atoms with Crippen molar-refractivity contribution in [1.82, 2.24) is 0 Å². The first kappa shape index (κ1) is 23.5. The number of carbonyl (C=O) groups excluding carboxylic acids is 1. The Hall–Kier alpha value is -1.61. The minimum absolute atomic E-state index is 0.335. The first-order chi connectivity index (χ1) is 14.9. The molecule has 2 aromatic rings. The van der Waals surface area contributed by atoms with Gasteiger partial charge in [-0.1, -0.05) is 19.6 Å². The molecule has 172 valence electrons. The van der Waals surface area contributed by atoms with Crippen LogP contribution >= 0.6 is 11.3 Å². The minimum atomic E-state index is -1.32. The Bertz CT molecular complexity index is 1010. The standard InChI is InChI=1S/C24H33BO5SSi/c1-23(2)24(3,4)30-25(29-23)19-15-20-18(21-16(8-10-27-20)9-12-31-21)14-17(19)22(26)28-11-13-32(5,6)7/h9,12,14-15H,8,10-11,13H2,1-7H3. The van der Waals surface area contributed by atoms with Gasteiger partial charge in [-0.3, -0.25) is 0 Å². The molecule has 8 heteroatoms. The van der Waals surface area contributed by atoms with Crippen LogP contribution in [0.3, 0.4) is 0 Å².